The maximum atomic E-state index is 12.4. The zero-order valence-corrected chi connectivity index (χ0v) is 11.7. The van der Waals surface area contributed by atoms with Crippen LogP contribution in [0.5, 0.6) is 0 Å². The van der Waals surface area contributed by atoms with E-state index in [0.29, 0.717) is 5.69 Å². The Kier molecular flexibility index (Phi) is 5.09. The van der Waals surface area contributed by atoms with Crippen LogP contribution < -0.4 is 10.6 Å². The SMILES string of the molecule is O=C(Nc1ccc(C(F)(F)F)cc1)NC1CCCCCC1. The van der Waals surface area contributed by atoms with Gasteiger partial charge in [-0.25, -0.2) is 4.79 Å². The molecule has 3 nitrogen and oxygen atoms in total. The number of hydrogen-bond donors (Lipinski definition) is 2. The van der Waals surface area contributed by atoms with Crippen molar-refractivity contribution in [2.75, 3.05) is 5.32 Å². The van der Waals surface area contributed by atoms with Gasteiger partial charge < -0.3 is 10.6 Å². The van der Waals surface area contributed by atoms with Crippen LogP contribution in [0.2, 0.25) is 0 Å². The smallest absolute Gasteiger partial charge is 0.335 e. The Labute approximate surface area is 121 Å². The van der Waals surface area contributed by atoms with Crippen LogP contribution in [-0.2, 0) is 6.18 Å². The number of anilines is 1. The Morgan fingerprint density at radius 2 is 1.57 bits per heavy atom. The minimum atomic E-state index is -4.36. The highest BCUT2D eigenvalue weighted by atomic mass is 19.4. The van der Waals surface area contributed by atoms with E-state index in [0.717, 1.165) is 37.8 Å². The van der Waals surface area contributed by atoms with Crippen LogP contribution in [0.15, 0.2) is 24.3 Å². The fourth-order valence-electron chi connectivity index (χ4n) is 2.52. The first-order chi connectivity index (χ1) is 9.95. The van der Waals surface area contributed by atoms with Gasteiger partial charge >= 0.3 is 12.2 Å². The maximum absolute atomic E-state index is 12.4. The summed E-state index contributed by atoms with van der Waals surface area (Å²) in [5.74, 6) is 0. The zero-order valence-electron chi connectivity index (χ0n) is 11.7. The molecular weight excluding hydrogens is 281 g/mol. The van der Waals surface area contributed by atoms with E-state index in [2.05, 4.69) is 10.6 Å². The van der Waals surface area contributed by atoms with Crippen LogP contribution in [0.1, 0.15) is 44.1 Å². The third-order valence-corrected chi connectivity index (χ3v) is 3.66. The van der Waals surface area contributed by atoms with Crippen LogP contribution >= 0.6 is 0 Å². The van der Waals surface area contributed by atoms with Crippen molar-refractivity contribution in [2.45, 2.75) is 50.7 Å². The van der Waals surface area contributed by atoms with Gasteiger partial charge in [0.15, 0.2) is 0 Å². The molecule has 1 fully saturated rings. The molecule has 0 heterocycles. The summed E-state index contributed by atoms with van der Waals surface area (Å²) in [7, 11) is 0. The Morgan fingerprint density at radius 1 is 1.00 bits per heavy atom. The summed E-state index contributed by atoms with van der Waals surface area (Å²) in [6.45, 7) is 0. The Balaban J connectivity index is 1.87. The molecule has 116 valence electrons. The number of urea groups is 1. The molecule has 6 heteroatoms. The molecule has 1 aliphatic carbocycles. The molecule has 0 aromatic heterocycles. The molecule has 1 aromatic carbocycles. The third-order valence-electron chi connectivity index (χ3n) is 3.66. The number of carbonyl (C=O) groups is 1. The summed E-state index contributed by atoms with van der Waals surface area (Å²) in [5, 5.41) is 5.45. The first kappa shape index (κ1) is 15.7. The van der Waals surface area contributed by atoms with Gasteiger partial charge in [-0.05, 0) is 37.1 Å². The molecule has 0 bridgehead atoms. The highest BCUT2D eigenvalue weighted by molar-refractivity contribution is 5.89. The van der Waals surface area contributed by atoms with Gasteiger partial charge in [-0.15, -0.1) is 0 Å². The molecule has 2 rings (SSSR count). The lowest BCUT2D eigenvalue weighted by Gasteiger charge is -2.17. The van der Waals surface area contributed by atoms with Gasteiger partial charge in [-0.3, -0.25) is 0 Å². The third kappa shape index (κ3) is 4.95. The normalized spacial score (nSPS) is 17.1. The van der Waals surface area contributed by atoms with E-state index < -0.39 is 11.7 Å². The summed E-state index contributed by atoms with van der Waals surface area (Å²) >= 11 is 0. The summed E-state index contributed by atoms with van der Waals surface area (Å²) in [4.78, 5) is 11.8. The van der Waals surface area contributed by atoms with E-state index in [4.69, 9.17) is 0 Å². The quantitative estimate of drug-likeness (QED) is 0.773. The number of amides is 2. The fraction of sp³-hybridized carbons (Fsp3) is 0.533. The average Bonchev–Trinajstić information content (AvgIpc) is 2.67. The molecule has 0 radical (unpaired) electrons. The summed E-state index contributed by atoms with van der Waals surface area (Å²) in [6, 6.07) is 4.23. The van der Waals surface area contributed by atoms with Crippen LogP contribution in [0, 0.1) is 0 Å². The molecule has 0 atom stereocenters. The van der Waals surface area contributed by atoms with E-state index in [9.17, 15) is 18.0 Å². The molecule has 2 amide bonds. The minimum Gasteiger partial charge on any atom is -0.335 e. The molecule has 1 aliphatic rings. The van der Waals surface area contributed by atoms with E-state index in [1.807, 2.05) is 0 Å². The predicted molar refractivity (Wildman–Crippen MR) is 75.1 cm³/mol. The van der Waals surface area contributed by atoms with Crippen molar-refractivity contribution in [3.8, 4) is 0 Å². The molecule has 0 unspecified atom stereocenters. The van der Waals surface area contributed by atoms with Gasteiger partial charge in [-0.1, -0.05) is 25.7 Å². The molecule has 1 aromatic rings. The first-order valence-corrected chi connectivity index (χ1v) is 7.20. The van der Waals surface area contributed by atoms with Crippen LogP contribution in [0.25, 0.3) is 0 Å². The Morgan fingerprint density at radius 3 is 2.10 bits per heavy atom. The van der Waals surface area contributed by atoms with Gasteiger partial charge in [0.05, 0.1) is 5.56 Å². The molecular formula is C15H19F3N2O. The monoisotopic (exact) mass is 300 g/mol. The average molecular weight is 300 g/mol. The van der Waals surface area contributed by atoms with Crippen LogP contribution in [0.3, 0.4) is 0 Å². The maximum Gasteiger partial charge on any atom is 0.416 e. The number of hydrogen-bond acceptors (Lipinski definition) is 1. The number of carbonyl (C=O) groups excluding carboxylic acids is 1. The van der Waals surface area contributed by atoms with E-state index in [1.54, 1.807) is 0 Å². The van der Waals surface area contributed by atoms with Gasteiger partial charge in [0.25, 0.3) is 0 Å². The van der Waals surface area contributed by atoms with Crippen molar-refractivity contribution < 1.29 is 18.0 Å². The van der Waals surface area contributed by atoms with Crippen molar-refractivity contribution in [3.05, 3.63) is 29.8 Å². The summed E-state index contributed by atoms with van der Waals surface area (Å²) in [5.41, 5.74) is -0.369. The number of halogens is 3. The minimum absolute atomic E-state index is 0.155. The highest BCUT2D eigenvalue weighted by Gasteiger charge is 2.30. The second-order valence-electron chi connectivity index (χ2n) is 5.36. The lowest BCUT2D eigenvalue weighted by Crippen LogP contribution is -2.37. The van der Waals surface area contributed by atoms with Gasteiger partial charge in [-0.2, -0.15) is 13.2 Å². The number of nitrogens with one attached hydrogen (secondary N) is 2. The Hall–Kier alpha value is -1.72. The standard InChI is InChI=1S/C15H19F3N2O/c16-15(17,18)11-7-9-13(10-8-11)20-14(21)19-12-5-3-1-2-4-6-12/h7-10,12H,1-6H2,(H2,19,20,21). The number of rotatable bonds is 2. The predicted octanol–water partition coefficient (Wildman–Crippen LogP) is 4.55. The lowest BCUT2D eigenvalue weighted by atomic mass is 10.1. The summed E-state index contributed by atoms with van der Waals surface area (Å²) in [6.07, 6.45) is 2.15. The molecule has 0 aliphatic heterocycles. The second-order valence-corrected chi connectivity index (χ2v) is 5.36. The summed E-state index contributed by atoms with van der Waals surface area (Å²) < 4.78 is 37.3. The molecule has 1 saturated carbocycles. The van der Waals surface area contributed by atoms with Crippen LogP contribution in [-0.4, -0.2) is 12.1 Å². The van der Waals surface area contributed by atoms with Crippen LogP contribution in [0.4, 0.5) is 23.7 Å². The molecule has 2 N–H and O–H groups in total. The largest absolute Gasteiger partial charge is 0.416 e. The first-order valence-electron chi connectivity index (χ1n) is 7.20. The van der Waals surface area contributed by atoms with Gasteiger partial charge in [0, 0.05) is 11.7 Å². The highest BCUT2D eigenvalue weighted by Crippen LogP contribution is 2.29. The van der Waals surface area contributed by atoms with E-state index in [1.165, 1.54) is 25.0 Å². The van der Waals surface area contributed by atoms with Crippen molar-refractivity contribution in [2.24, 2.45) is 0 Å². The molecule has 0 spiro atoms. The fourth-order valence-corrected chi connectivity index (χ4v) is 2.52. The second kappa shape index (κ2) is 6.83. The molecule has 21 heavy (non-hydrogen) atoms. The van der Waals surface area contributed by atoms with Gasteiger partial charge in [0.1, 0.15) is 0 Å². The topological polar surface area (TPSA) is 41.1 Å². The Bertz CT molecular complexity index is 463. The van der Waals surface area contributed by atoms with Crippen molar-refractivity contribution in [3.63, 3.8) is 0 Å². The lowest BCUT2D eigenvalue weighted by molar-refractivity contribution is -0.137. The van der Waals surface area contributed by atoms with Crippen molar-refractivity contribution in [1.29, 1.82) is 0 Å². The molecule has 0 saturated heterocycles. The van der Waals surface area contributed by atoms with E-state index in [-0.39, 0.29) is 12.1 Å². The van der Waals surface area contributed by atoms with Crippen molar-refractivity contribution in [1.82, 2.24) is 5.32 Å². The van der Waals surface area contributed by atoms with Crippen molar-refractivity contribution >= 4 is 11.7 Å². The van der Waals surface area contributed by atoms with E-state index >= 15 is 0 Å². The zero-order chi connectivity index (χ0) is 15.3. The number of benzene rings is 1. The van der Waals surface area contributed by atoms with Gasteiger partial charge in [0.2, 0.25) is 0 Å². The number of alkyl halides is 3.